The molecule has 0 fully saturated rings. The molecule has 0 saturated carbocycles. The number of pyridine rings is 1. The van der Waals surface area contributed by atoms with E-state index in [4.69, 9.17) is 31.9 Å². The summed E-state index contributed by atoms with van der Waals surface area (Å²) in [5, 5.41) is 9.46. The lowest BCUT2D eigenvalue weighted by molar-refractivity contribution is -0.126. The summed E-state index contributed by atoms with van der Waals surface area (Å²) in [4.78, 5) is 47.5. The standard InChI is InChI=1S/C32H41B2N9O4/c1-6-7-11-32(33,34)43(17-22-13-19(2)10-12-38-22)31(46)29-39-15-21(16-40-29)26-20(3)8-9-23(28(26)47-5)42-24(14-25(35)41-18-44)27(36)30(45)37-4/h8-10,12-15,18,42H,6-7,11,16-17,35-36H2,1-5H3,(H,37,45)(H,39,40)(H,41,44)/b25-14+,27-24+. The van der Waals surface area contributed by atoms with Crippen LogP contribution in [-0.4, -0.2) is 75.7 Å². The summed E-state index contributed by atoms with van der Waals surface area (Å²) in [6, 6.07) is 7.34. The van der Waals surface area contributed by atoms with Crippen LogP contribution in [0.5, 0.6) is 5.75 Å². The average molecular weight is 637 g/mol. The molecule has 3 amide bonds. The van der Waals surface area contributed by atoms with Gasteiger partial charge in [0.05, 0.1) is 53.0 Å². The molecule has 0 bridgehead atoms. The van der Waals surface area contributed by atoms with Crippen LogP contribution in [0, 0.1) is 13.8 Å². The minimum Gasteiger partial charge on any atom is -0.494 e. The summed E-state index contributed by atoms with van der Waals surface area (Å²) in [7, 11) is 16.0. The molecule has 2 heterocycles. The summed E-state index contributed by atoms with van der Waals surface area (Å²) in [6.07, 6.45) is 7.05. The van der Waals surface area contributed by atoms with Crippen LogP contribution in [0.15, 0.2) is 64.9 Å². The van der Waals surface area contributed by atoms with Gasteiger partial charge in [0.25, 0.3) is 11.8 Å². The predicted octanol–water partition coefficient (Wildman–Crippen LogP) is 1.13. The van der Waals surface area contributed by atoms with Crippen LogP contribution in [0.2, 0.25) is 0 Å². The zero-order valence-corrected chi connectivity index (χ0v) is 27.4. The molecule has 0 saturated heterocycles. The highest BCUT2D eigenvalue weighted by atomic mass is 16.5. The number of likely N-dealkylation sites (N-methyl/N-ethyl adjacent to an activating group) is 1. The number of aliphatic imine (C=N–C) groups is 1. The Morgan fingerprint density at radius 3 is 2.55 bits per heavy atom. The smallest absolute Gasteiger partial charge is 0.288 e. The number of amides is 3. The molecule has 13 nitrogen and oxygen atoms in total. The van der Waals surface area contributed by atoms with Crippen molar-refractivity contribution in [1.82, 2.24) is 25.8 Å². The van der Waals surface area contributed by atoms with Crippen molar-refractivity contribution in [3.8, 4) is 5.75 Å². The second-order valence-corrected chi connectivity index (χ2v) is 11.0. The molecule has 1 aliphatic heterocycles. The highest BCUT2D eigenvalue weighted by molar-refractivity contribution is 6.45. The van der Waals surface area contributed by atoms with E-state index in [1.54, 1.807) is 18.5 Å². The number of carbonyl (C=O) groups excluding carboxylic acids is 3. The largest absolute Gasteiger partial charge is 0.494 e. The quantitative estimate of drug-likeness (QED) is 0.0720. The van der Waals surface area contributed by atoms with E-state index in [1.807, 2.05) is 39.0 Å². The van der Waals surface area contributed by atoms with E-state index in [-0.39, 0.29) is 36.1 Å². The van der Waals surface area contributed by atoms with Crippen molar-refractivity contribution in [3.05, 3.63) is 82.3 Å². The summed E-state index contributed by atoms with van der Waals surface area (Å²) in [5.41, 5.74) is 16.2. The number of amidine groups is 1. The molecule has 0 unspecified atom stereocenters. The van der Waals surface area contributed by atoms with Crippen LogP contribution in [0.3, 0.4) is 0 Å². The number of unbranched alkanes of at least 4 members (excludes halogenated alkanes) is 1. The van der Waals surface area contributed by atoms with Crippen LogP contribution in [-0.2, 0) is 20.9 Å². The van der Waals surface area contributed by atoms with Crippen molar-refractivity contribution in [3.63, 3.8) is 0 Å². The van der Waals surface area contributed by atoms with Gasteiger partial charge in [-0.15, -0.1) is 0 Å². The summed E-state index contributed by atoms with van der Waals surface area (Å²) >= 11 is 0. The number of nitrogens with one attached hydrogen (secondary N) is 4. The lowest BCUT2D eigenvalue weighted by Gasteiger charge is -2.40. The molecule has 47 heavy (non-hydrogen) atoms. The van der Waals surface area contributed by atoms with Gasteiger partial charge in [-0.3, -0.25) is 24.4 Å². The summed E-state index contributed by atoms with van der Waals surface area (Å²) in [5.74, 6) is -0.587. The molecule has 8 N–H and O–H groups in total. The monoisotopic (exact) mass is 637 g/mol. The Kier molecular flexibility index (Phi) is 12.6. The predicted molar refractivity (Wildman–Crippen MR) is 185 cm³/mol. The number of carbonyl (C=O) groups is 3. The van der Waals surface area contributed by atoms with Crippen molar-refractivity contribution >= 4 is 51.0 Å². The first-order chi connectivity index (χ1) is 22.4. The van der Waals surface area contributed by atoms with E-state index >= 15 is 0 Å². The lowest BCUT2D eigenvalue weighted by Crippen LogP contribution is -2.56. The molecule has 15 heteroatoms. The first-order valence-corrected chi connectivity index (χ1v) is 15.0. The number of aryl methyl sites for hydroxylation is 2. The zero-order chi connectivity index (χ0) is 34.7. The first-order valence-electron chi connectivity index (χ1n) is 15.0. The molecular formula is C32H41B2N9O4. The summed E-state index contributed by atoms with van der Waals surface area (Å²) < 4.78 is 5.82. The van der Waals surface area contributed by atoms with Gasteiger partial charge in [0.15, 0.2) is 5.84 Å². The van der Waals surface area contributed by atoms with E-state index in [2.05, 4.69) is 31.2 Å². The number of aromatic nitrogens is 1. The maximum Gasteiger partial charge on any atom is 0.288 e. The SMILES string of the molecule is [B]C([B])(CCCC)N(Cc1cc(C)ccn1)C(=O)C1=NCC(c2c(C)ccc(NC(/C=C(\N)NC=O)=C(/N)C(=O)NC)c2OC)=CN1. The van der Waals surface area contributed by atoms with E-state index in [9.17, 15) is 14.4 Å². The van der Waals surface area contributed by atoms with E-state index in [0.29, 0.717) is 41.1 Å². The van der Waals surface area contributed by atoms with Crippen LogP contribution in [0.1, 0.15) is 48.6 Å². The third-order valence-corrected chi connectivity index (χ3v) is 7.41. The third kappa shape index (κ3) is 9.18. The number of methoxy groups -OCH3 is 1. The van der Waals surface area contributed by atoms with Crippen molar-refractivity contribution in [2.75, 3.05) is 26.0 Å². The first kappa shape index (κ1) is 36.3. The van der Waals surface area contributed by atoms with Gasteiger partial charge in [-0.1, -0.05) is 25.8 Å². The van der Waals surface area contributed by atoms with Gasteiger partial charge in [0.2, 0.25) is 6.41 Å². The van der Waals surface area contributed by atoms with Gasteiger partial charge in [0.1, 0.15) is 17.3 Å². The number of anilines is 1. The molecule has 1 aliphatic rings. The number of ether oxygens (including phenoxy) is 1. The van der Waals surface area contributed by atoms with Crippen LogP contribution in [0.4, 0.5) is 5.69 Å². The van der Waals surface area contributed by atoms with Crippen LogP contribution >= 0.6 is 0 Å². The molecule has 3 rings (SSSR count). The minimum absolute atomic E-state index is 0.0488. The van der Waals surface area contributed by atoms with Gasteiger partial charge in [-0.2, -0.15) is 0 Å². The van der Waals surface area contributed by atoms with Crippen molar-refractivity contribution in [2.45, 2.75) is 51.9 Å². The fourth-order valence-electron chi connectivity index (χ4n) is 4.91. The Hall–Kier alpha value is -5.20. The second kappa shape index (κ2) is 16.4. The second-order valence-electron chi connectivity index (χ2n) is 11.0. The maximum atomic E-state index is 13.9. The van der Waals surface area contributed by atoms with Crippen LogP contribution < -0.4 is 37.5 Å². The Balaban J connectivity index is 1.96. The third-order valence-electron chi connectivity index (χ3n) is 7.41. The molecule has 0 atom stereocenters. The summed E-state index contributed by atoms with van der Waals surface area (Å²) in [6.45, 7) is 6.09. The van der Waals surface area contributed by atoms with E-state index < -0.39 is 17.2 Å². The normalized spacial score (nSPS) is 13.7. The molecule has 4 radical (unpaired) electrons. The number of benzene rings is 1. The van der Waals surface area contributed by atoms with Crippen molar-refractivity contribution in [1.29, 1.82) is 0 Å². The van der Waals surface area contributed by atoms with E-state index in [0.717, 1.165) is 24.0 Å². The van der Waals surface area contributed by atoms with E-state index in [1.165, 1.54) is 25.1 Å². The number of nitrogens with zero attached hydrogens (tertiary/aromatic N) is 3. The number of allylic oxidation sites excluding steroid dienone is 1. The lowest BCUT2D eigenvalue weighted by atomic mass is 9.58. The molecule has 244 valence electrons. The molecule has 1 aromatic carbocycles. The molecular weight excluding hydrogens is 596 g/mol. The highest BCUT2D eigenvalue weighted by Gasteiger charge is 2.33. The molecule has 0 aliphatic carbocycles. The number of nitrogens with two attached hydrogens (primary N) is 2. The topological polar surface area (TPSA) is 189 Å². The van der Waals surface area contributed by atoms with Gasteiger partial charge in [0, 0.05) is 36.7 Å². The zero-order valence-electron chi connectivity index (χ0n) is 27.4. The van der Waals surface area contributed by atoms with Crippen molar-refractivity contribution < 1.29 is 19.1 Å². The molecule has 2 aromatic rings. The Morgan fingerprint density at radius 1 is 1.21 bits per heavy atom. The van der Waals surface area contributed by atoms with Gasteiger partial charge in [-0.05, 0) is 54.9 Å². The highest BCUT2D eigenvalue weighted by Crippen LogP contribution is 2.38. The average Bonchev–Trinajstić information content (AvgIpc) is 3.05. The molecule has 0 spiro atoms. The van der Waals surface area contributed by atoms with Crippen LogP contribution in [0.25, 0.3) is 5.57 Å². The number of hydrogen-bond acceptors (Lipinski definition) is 10. The number of rotatable bonds is 15. The fraction of sp³-hybridized carbons (Fsp3) is 0.344. The fourth-order valence-corrected chi connectivity index (χ4v) is 4.91. The van der Waals surface area contributed by atoms with Gasteiger partial charge in [-0.25, -0.2) is 0 Å². The van der Waals surface area contributed by atoms with Gasteiger partial charge < -0.3 is 42.4 Å². The Bertz CT molecular complexity index is 1620. The van der Waals surface area contributed by atoms with Crippen molar-refractivity contribution in [2.24, 2.45) is 16.5 Å². The number of hydrogen-bond donors (Lipinski definition) is 6. The molecule has 1 aromatic heterocycles. The van der Waals surface area contributed by atoms with Gasteiger partial charge >= 0.3 is 0 Å². The Labute approximate surface area is 278 Å². The minimum atomic E-state index is -1.44. The Morgan fingerprint density at radius 2 is 1.96 bits per heavy atom. The maximum absolute atomic E-state index is 13.9.